The number of pyridine rings is 1. The van der Waals surface area contributed by atoms with Crippen molar-refractivity contribution in [2.24, 2.45) is 0 Å². The minimum absolute atomic E-state index is 0.226. The van der Waals surface area contributed by atoms with Crippen molar-refractivity contribution < 1.29 is 19.0 Å². The summed E-state index contributed by atoms with van der Waals surface area (Å²) in [7, 11) is 3.04. The van der Waals surface area contributed by atoms with Gasteiger partial charge in [-0.15, -0.1) is 5.10 Å². The summed E-state index contributed by atoms with van der Waals surface area (Å²) >= 11 is 1.24. The SMILES string of the molecule is COc1ccccc1NC(=O)COc1ccc(/C=c2\sc3nc(-c4ccncc4)nn3c2=O)cc1OC. The molecule has 0 saturated heterocycles. The van der Waals surface area contributed by atoms with E-state index in [1.165, 1.54) is 30.1 Å². The Balaban J connectivity index is 1.33. The van der Waals surface area contributed by atoms with Crippen LogP contribution in [0.3, 0.4) is 0 Å². The van der Waals surface area contributed by atoms with Crippen molar-refractivity contribution in [3.05, 3.63) is 87.4 Å². The Kier molecular flexibility index (Phi) is 6.77. The number of carbonyl (C=O) groups is 1. The highest BCUT2D eigenvalue weighted by molar-refractivity contribution is 7.15. The third-order valence-corrected chi connectivity index (χ3v) is 6.30. The number of benzene rings is 2. The predicted octanol–water partition coefficient (Wildman–Crippen LogP) is 2.80. The van der Waals surface area contributed by atoms with Gasteiger partial charge in [-0.2, -0.15) is 9.50 Å². The van der Waals surface area contributed by atoms with E-state index < -0.39 is 0 Å². The number of anilines is 1. The lowest BCUT2D eigenvalue weighted by Crippen LogP contribution is -2.23. The van der Waals surface area contributed by atoms with Crippen molar-refractivity contribution in [1.82, 2.24) is 19.6 Å². The van der Waals surface area contributed by atoms with E-state index in [2.05, 4.69) is 20.4 Å². The normalized spacial score (nSPS) is 11.5. The van der Waals surface area contributed by atoms with Crippen LogP contribution in [-0.4, -0.2) is 46.3 Å². The van der Waals surface area contributed by atoms with Crippen LogP contribution in [0.1, 0.15) is 5.56 Å². The van der Waals surface area contributed by atoms with Gasteiger partial charge in [0.1, 0.15) is 5.75 Å². The molecule has 3 heterocycles. The highest BCUT2D eigenvalue weighted by Crippen LogP contribution is 2.29. The van der Waals surface area contributed by atoms with E-state index in [0.29, 0.717) is 38.3 Å². The van der Waals surface area contributed by atoms with Crippen molar-refractivity contribution in [3.63, 3.8) is 0 Å². The average molecular weight is 516 g/mol. The van der Waals surface area contributed by atoms with Crippen molar-refractivity contribution in [2.75, 3.05) is 26.1 Å². The lowest BCUT2D eigenvalue weighted by Gasteiger charge is -2.12. The Morgan fingerprint density at radius 3 is 2.57 bits per heavy atom. The maximum atomic E-state index is 12.9. The number of hydrogen-bond acceptors (Lipinski definition) is 9. The maximum absolute atomic E-state index is 12.9. The van der Waals surface area contributed by atoms with Crippen LogP contribution < -0.4 is 29.6 Å². The second-order valence-electron chi connectivity index (χ2n) is 7.73. The first-order chi connectivity index (χ1) is 18.1. The van der Waals surface area contributed by atoms with Gasteiger partial charge < -0.3 is 19.5 Å². The zero-order valence-corrected chi connectivity index (χ0v) is 20.7. The predicted molar refractivity (Wildman–Crippen MR) is 139 cm³/mol. The number of hydrogen-bond donors (Lipinski definition) is 1. The summed E-state index contributed by atoms with van der Waals surface area (Å²) < 4.78 is 18.1. The summed E-state index contributed by atoms with van der Waals surface area (Å²) in [4.78, 5) is 34.2. The number of nitrogens with one attached hydrogen (secondary N) is 1. The fourth-order valence-corrected chi connectivity index (χ4v) is 4.49. The number of carbonyl (C=O) groups excluding carboxylic acids is 1. The molecule has 5 rings (SSSR count). The summed E-state index contributed by atoms with van der Waals surface area (Å²) in [5.74, 6) is 1.48. The molecule has 0 atom stereocenters. The van der Waals surface area contributed by atoms with Gasteiger partial charge in [0.25, 0.3) is 11.5 Å². The van der Waals surface area contributed by atoms with Gasteiger partial charge in [0, 0.05) is 18.0 Å². The monoisotopic (exact) mass is 515 g/mol. The second kappa shape index (κ2) is 10.5. The Bertz CT molecular complexity index is 1680. The number of nitrogens with zero attached hydrogens (tertiary/aromatic N) is 4. The molecular formula is C26H21N5O5S. The highest BCUT2D eigenvalue weighted by atomic mass is 32.1. The zero-order chi connectivity index (χ0) is 25.8. The molecular weight excluding hydrogens is 494 g/mol. The van der Waals surface area contributed by atoms with Gasteiger partial charge >= 0.3 is 0 Å². The van der Waals surface area contributed by atoms with Gasteiger partial charge in [-0.05, 0) is 48.0 Å². The summed E-state index contributed by atoms with van der Waals surface area (Å²) in [5, 5.41) is 7.10. The van der Waals surface area contributed by atoms with Crippen LogP contribution in [0.15, 0.2) is 71.8 Å². The van der Waals surface area contributed by atoms with Gasteiger partial charge in [0.05, 0.1) is 24.4 Å². The van der Waals surface area contributed by atoms with Crippen LogP contribution in [0.25, 0.3) is 22.4 Å². The molecule has 3 aromatic heterocycles. The molecule has 0 aliphatic rings. The van der Waals surface area contributed by atoms with Crippen molar-refractivity contribution in [2.45, 2.75) is 0 Å². The molecule has 0 fully saturated rings. The molecule has 0 aliphatic heterocycles. The first-order valence-corrected chi connectivity index (χ1v) is 11.9. The topological polar surface area (TPSA) is 117 Å². The van der Waals surface area contributed by atoms with E-state index in [1.807, 2.05) is 6.07 Å². The fraction of sp³-hybridized carbons (Fsp3) is 0.115. The number of rotatable bonds is 8. The highest BCUT2D eigenvalue weighted by Gasteiger charge is 2.13. The Morgan fingerprint density at radius 2 is 1.81 bits per heavy atom. The Morgan fingerprint density at radius 1 is 1.03 bits per heavy atom. The number of fused-ring (bicyclic) bond motifs is 1. The summed E-state index contributed by atoms with van der Waals surface area (Å²) in [6.07, 6.45) is 5.03. The number of ether oxygens (including phenoxy) is 3. The molecule has 11 heteroatoms. The van der Waals surface area contributed by atoms with Gasteiger partial charge in [0.2, 0.25) is 4.96 Å². The minimum atomic E-state index is -0.348. The number of methoxy groups -OCH3 is 2. The molecule has 2 aromatic carbocycles. The number of aromatic nitrogens is 4. The number of thiazole rings is 1. The van der Waals surface area contributed by atoms with Crippen LogP contribution in [0, 0.1) is 0 Å². The van der Waals surface area contributed by atoms with Gasteiger partial charge in [0.15, 0.2) is 23.9 Å². The van der Waals surface area contributed by atoms with Crippen molar-refractivity contribution >= 4 is 34.0 Å². The molecule has 5 aromatic rings. The van der Waals surface area contributed by atoms with Gasteiger partial charge in [-0.25, -0.2) is 0 Å². The zero-order valence-electron chi connectivity index (χ0n) is 19.9. The van der Waals surface area contributed by atoms with E-state index in [0.717, 1.165) is 11.1 Å². The van der Waals surface area contributed by atoms with E-state index in [-0.39, 0.29) is 18.1 Å². The number of amides is 1. The number of para-hydroxylation sites is 2. The lowest BCUT2D eigenvalue weighted by atomic mass is 10.2. The quantitative estimate of drug-likeness (QED) is 0.335. The molecule has 1 N–H and O–H groups in total. The fourth-order valence-electron chi connectivity index (χ4n) is 3.58. The van der Waals surface area contributed by atoms with Gasteiger partial charge in [-0.3, -0.25) is 14.6 Å². The molecule has 0 unspecified atom stereocenters. The second-order valence-corrected chi connectivity index (χ2v) is 8.74. The minimum Gasteiger partial charge on any atom is -0.495 e. The van der Waals surface area contributed by atoms with Crippen molar-refractivity contribution in [1.29, 1.82) is 0 Å². The van der Waals surface area contributed by atoms with Gasteiger partial charge in [-0.1, -0.05) is 29.5 Å². The molecule has 0 spiro atoms. The molecule has 0 radical (unpaired) electrons. The average Bonchev–Trinajstić information content (AvgIpc) is 3.47. The summed E-state index contributed by atoms with van der Waals surface area (Å²) in [6.45, 7) is -0.226. The largest absolute Gasteiger partial charge is 0.495 e. The molecule has 186 valence electrons. The van der Waals surface area contributed by atoms with Crippen molar-refractivity contribution in [3.8, 4) is 28.6 Å². The summed E-state index contributed by atoms with van der Waals surface area (Å²) in [6, 6.07) is 15.9. The maximum Gasteiger partial charge on any atom is 0.291 e. The van der Waals surface area contributed by atoms with Crippen LogP contribution >= 0.6 is 11.3 Å². The molecule has 0 bridgehead atoms. The van der Waals surface area contributed by atoms with Crippen LogP contribution in [-0.2, 0) is 4.79 Å². The molecule has 10 nitrogen and oxygen atoms in total. The van der Waals surface area contributed by atoms with Crippen LogP contribution in [0.4, 0.5) is 5.69 Å². The Labute approximate surface area is 214 Å². The van der Waals surface area contributed by atoms with Crippen LogP contribution in [0.2, 0.25) is 0 Å². The molecule has 0 saturated carbocycles. The molecule has 0 aliphatic carbocycles. The van der Waals surface area contributed by atoms with E-state index in [9.17, 15) is 9.59 Å². The van der Waals surface area contributed by atoms with Crippen LogP contribution in [0.5, 0.6) is 17.2 Å². The van der Waals surface area contributed by atoms with E-state index in [1.54, 1.807) is 67.0 Å². The third kappa shape index (κ3) is 5.11. The standard InChI is InChI=1S/C26H21N5O5S/c1-34-19-6-4-3-5-18(19)28-23(32)15-36-20-8-7-16(13-21(20)35-2)14-22-25(33)31-26(37-22)29-24(30-31)17-9-11-27-12-10-17/h3-14H,15H2,1-2H3,(H,28,32)/b22-14-. The third-order valence-electron chi connectivity index (χ3n) is 5.35. The molecule has 37 heavy (non-hydrogen) atoms. The Hall–Kier alpha value is -4.77. The first-order valence-electron chi connectivity index (χ1n) is 11.1. The summed E-state index contributed by atoms with van der Waals surface area (Å²) in [5.41, 5.74) is 1.79. The smallest absolute Gasteiger partial charge is 0.291 e. The lowest BCUT2D eigenvalue weighted by molar-refractivity contribution is -0.118. The van der Waals surface area contributed by atoms with E-state index in [4.69, 9.17) is 14.2 Å². The molecule has 1 amide bonds. The first kappa shape index (κ1) is 23.9. The van der Waals surface area contributed by atoms with E-state index >= 15 is 0 Å².